The molecule has 1 aliphatic rings. The summed E-state index contributed by atoms with van der Waals surface area (Å²) in [6, 6.07) is 0. The molecule has 1 heterocycles. The summed E-state index contributed by atoms with van der Waals surface area (Å²) < 4.78 is 0. The number of nitrogens with zero attached hydrogens (tertiary/aromatic N) is 1. The molecule has 0 spiro atoms. The molecule has 0 aliphatic carbocycles. The van der Waals surface area contributed by atoms with Crippen molar-refractivity contribution in [3.63, 3.8) is 0 Å². The van der Waals surface area contributed by atoms with Crippen LogP contribution >= 0.6 is 23.2 Å². The summed E-state index contributed by atoms with van der Waals surface area (Å²) in [5.41, 5.74) is 0.903. The van der Waals surface area contributed by atoms with Gasteiger partial charge in [-0.1, -0.05) is 23.2 Å². The van der Waals surface area contributed by atoms with E-state index in [0.717, 1.165) is 5.57 Å². The Labute approximate surface area is 69.9 Å². The molecule has 1 atom stereocenters. The van der Waals surface area contributed by atoms with Gasteiger partial charge in [0.2, 0.25) is 5.12 Å². The standard InChI is InChI=1S/C6H8Cl2N2/c1-4-3-9-6(2,8)10-5(4)7/h3,10H,1-2H3. The molecule has 0 aromatic rings. The van der Waals surface area contributed by atoms with E-state index in [1.54, 1.807) is 13.1 Å². The highest BCUT2D eigenvalue weighted by Gasteiger charge is 2.21. The maximum Gasteiger partial charge on any atom is 0.203 e. The zero-order chi connectivity index (χ0) is 7.78. The molecule has 0 bridgehead atoms. The van der Waals surface area contributed by atoms with Crippen molar-refractivity contribution in [2.75, 3.05) is 0 Å². The third-order valence-corrected chi connectivity index (χ3v) is 1.77. The van der Waals surface area contributed by atoms with Crippen LogP contribution in [0.2, 0.25) is 0 Å². The Balaban J connectivity index is 2.85. The predicted octanol–water partition coefficient (Wildman–Crippen LogP) is 2.04. The molecule has 1 aliphatic heterocycles. The molecule has 56 valence electrons. The quantitative estimate of drug-likeness (QED) is 0.446. The lowest BCUT2D eigenvalue weighted by Gasteiger charge is -2.23. The lowest BCUT2D eigenvalue weighted by atomic mass is 10.3. The van der Waals surface area contributed by atoms with Gasteiger partial charge in [-0.2, -0.15) is 0 Å². The van der Waals surface area contributed by atoms with Crippen LogP contribution in [0.15, 0.2) is 15.7 Å². The Morgan fingerprint density at radius 3 is 2.70 bits per heavy atom. The highest BCUT2D eigenvalue weighted by atomic mass is 35.5. The van der Waals surface area contributed by atoms with Crippen LogP contribution in [0.25, 0.3) is 0 Å². The molecular weight excluding hydrogens is 171 g/mol. The minimum Gasteiger partial charge on any atom is -0.339 e. The van der Waals surface area contributed by atoms with Gasteiger partial charge >= 0.3 is 0 Å². The average Bonchev–Trinajstić information content (AvgIpc) is 1.79. The molecule has 0 saturated carbocycles. The molecule has 2 nitrogen and oxygen atoms in total. The first kappa shape index (κ1) is 7.89. The second-order valence-electron chi connectivity index (χ2n) is 2.33. The van der Waals surface area contributed by atoms with E-state index in [1.165, 1.54) is 0 Å². The normalized spacial score (nSPS) is 32.4. The summed E-state index contributed by atoms with van der Waals surface area (Å²) in [5, 5.41) is 2.61. The molecule has 0 aromatic heterocycles. The topological polar surface area (TPSA) is 24.4 Å². The molecule has 0 aromatic carbocycles. The van der Waals surface area contributed by atoms with E-state index in [4.69, 9.17) is 23.2 Å². The largest absolute Gasteiger partial charge is 0.339 e. The van der Waals surface area contributed by atoms with Crippen molar-refractivity contribution in [2.24, 2.45) is 4.99 Å². The summed E-state index contributed by atoms with van der Waals surface area (Å²) >= 11 is 11.5. The molecular formula is C6H8Cl2N2. The lowest BCUT2D eigenvalue weighted by molar-refractivity contribution is 0.583. The van der Waals surface area contributed by atoms with Crippen molar-refractivity contribution < 1.29 is 0 Å². The highest BCUT2D eigenvalue weighted by molar-refractivity contribution is 6.33. The summed E-state index contributed by atoms with van der Waals surface area (Å²) in [4.78, 5) is 3.98. The fraction of sp³-hybridized carbons (Fsp3) is 0.500. The van der Waals surface area contributed by atoms with Gasteiger partial charge in [0, 0.05) is 11.8 Å². The van der Waals surface area contributed by atoms with Gasteiger partial charge in [0.15, 0.2) is 0 Å². The van der Waals surface area contributed by atoms with E-state index in [1.807, 2.05) is 6.92 Å². The Bertz CT molecular complexity index is 206. The number of aliphatic imine (C=N–C) groups is 1. The van der Waals surface area contributed by atoms with Crippen molar-refractivity contribution in [3.05, 3.63) is 10.7 Å². The minimum absolute atomic E-state index is 0.563. The number of halogens is 2. The van der Waals surface area contributed by atoms with E-state index in [0.29, 0.717) is 5.16 Å². The summed E-state index contributed by atoms with van der Waals surface area (Å²) in [6.45, 7) is 3.60. The molecule has 1 N–H and O–H groups in total. The molecule has 1 rings (SSSR count). The van der Waals surface area contributed by atoms with Gasteiger partial charge in [-0.05, 0) is 13.8 Å². The fourth-order valence-electron chi connectivity index (χ4n) is 0.606. The average molecular weight is 179 g/mol. The number of nitrogens with one attached hydrogen (secondary N) is 1. The SMILES string of the molecule is CC1=C(Cl)NC(C)(Cl)N=C1. The second-order valence-corrected chi connectivity index (χ2v) is 3.45. The Morgan fingerprint density at radius 2 is 2.30 bits per heavy atom. The van der Waals surface area contributed by atoms with Crippen molar-refractivity contribution in [3.8, 4) is 0 Å². The van der Waals surface area contributed by atoms with Crippen LogP contribution in [0.5, 0.6) is 0 Å². The molecule has 0 amide bonds. The third-order valence-electron chi connectivity index (χ3n) is 1.18. The number of hydrogen-bond acceptors (Lipinski definition) is 2. The predicted molar refractivity (Wildman–Crippen MR) is 44.4 cm³/mol. The summed E-state index contributed by atoms with van der Waals surface area (Å²) in [5.74, 6) is 0. The summed E-state index contributed by atoms with van der Waals surface area (Å²) in [7, 11) is 0. The second kappa shape index (κ2) is 2.44. The van der Waals surface area contributed by atoms with Crippen LogP contribution in [0.3, 0.4) is 0 Å². The van der Waals surface area contributed by atoms with Crippen LogP contribution in [0.1, 0.15) is 13.8 Å². The number of rotatable bonds is 0. The van der Waals surface area contributed by atoms with E-state index in [9.17, 15) is 0 Å². The van der Waals surface area contributed by atoms with Gasteiger partial charge in [0.05, 0.1) is 0 Å². The monoisotopic (exact) mass is 178 g/mol. The lowest BCUT2D eigenvalue weighted by Crippen LogP contribution is -2.35. The zero-order valence-electron chi connectivity index (χ0n) is 5.78. The molecule has 0 radical (unpaired) electrons. The van der Waals surface area contributed by atoms with Crippen LogP contribution in [-0.4, -0.2) is 11.3 Å². The molecule has 0 saturated heterocycles. The Kier molecular flexibility index (Phi) is 1.92. The van der Waals surface area contributed by atoms with Crippen LogP contribution < -0.4 is 5.32 Å². The third kappa shape index (κ3) is 1.64. The minimum atomic E-state index is -0.767. The maximum absolute atomic E-state index is 5.80. The van der Waals surface area contributed by atoms with E-state index >= 15 is 0 Å². The van der Waals surface area contributed by atoms with Gasteiger partial charge in [-0.3, -0.25) is 4.99 Å². The zero-order valence-corrected chi connectivity index (χ0v) is 7.29. The first-order valence-electron chi connectivity index (χ1n) is 2.90. The van der Waals surface area contributed by atoms with Crippen molar-refractivity contribution in [1.82, 2.24) is 5.32 Å². The first-order chi connectivity index (χ1) is 4.51. The number of allylic oxidation sites excluding steroid dienone is 1. The number of hydrogen-bond donors (Lipinski definition) is 1. The van der Waals surface area contributed by atoms with Gasteiger partial charge in [0.1, 0.15) is 5.16 Å². The van der Waals surface area contributed by atoms with E-state index in [-0.39, 0.29) is 0 Å². The van der Waals surface area contributed by atoms with Crippen molar-refractivity contribution >= 4 is 29.4 Å². The Hall–Kier alpha value is -0.210. The molecule has 0 fully saturated rings. The molecule has 4 heteroatoms. The van der Waals surface area contributed by atoms with E-state index in [2.05, 4.69) is 10.3 Å². The summed E-state index contributed by atoms with van der Waals surface area (Å²) in [6.07, 6.45) is 1.66. The smallest absolute Gasteiger partial charge is 0.203 e. The van der Waals surface area contributed by atoms with Gasteiger partial charge in [0.25, 0.3) is 0 Å². The van der Waals surface area contributed by atoms with Crippen LogP contribution in [-0.2, 0) is 0 Å². The molecule has 10 heavy (non-hydrogen) atoms. The van der Waals surface area contributed by atoms with Gasteiger partial charge < -0.3 is 5.32 Å². The Morgan fingerprint density at radius 1 is 1.70 bits per heavy atom. The molecule has 1 unspecified atom stereocenters. The highest BCUT2D eigenvalue weighted by Crippen LogP contribution is 2.20. The van der Waals surface area contributed by atoms with Crippen molar-refractivity contribution in [2.45, 2.75) is 19.0 Å². The van der Waals surface area contributed by atoms with Crippen LogP contribution in [0.4, 0.5) is 0 Å². The number of alkyl halides is 1. The van der Waals surface area contributed by atoms with E-state index < -0.39 is 5.12 Å². The fourth-order valence-corrected chi connectivity index (χ4v) is 1.03. The van der Waals surface area contributed by atoms with Gasteiger partial charge in [-0.15, -0.1) is 0 Å². The first-order valence-corrected chi connectivity index (χ1v) is 3.65. The van der Waals surface area contributed by atoms with Crippen molar-refractivity contribution in [1.29, 1.82) is 0 Å². The maximum atomic E-state index is 5.80. The van der Waals surface area contributed by atoms with Gasteiger partial charge in [-0.25, -0.2) is 0 Å². The van der Waals surface area contributed by atoms with Crippen LogP contribution in [0, 0.1) is 0 Å².